The van der Waals surface area contributed by atoms with Gasteiger partial charge in [-0.05, 0) is 12.8 Å². The number of rotatable bonds is 4. The summed E-state index contributed by atoms with van der Waals surface area (Å²) in [6, 6.07) is 0. The third kappa shape index (κ3) is 1.88. The monoisotopic (exact) mass is 252 g/mol. The van der Waals surface area contributed by atoms with Crippen LogP contribution < -0.4 is 15.3 Å². The first kappa shape index (κ1) is 13.3. The fourth-order valence-electron chi connectivity index (χ4n) is 2.07. The molecule has 102 valence electrons. The molecule has 0 bridgehead atoms. The summed E-state index contributed by atoms with van der Waals surface area (Å²) in [5.41, 5.74) is 4.83. The van der Waals surface area contributed by atoms with Crippen LogP contribution in [0.15, 0.2) is 0 Å². The number of H-pyrrole nitrogens is 1. The lowest BCUT2D eigenvalue weighted by atomic mass is 9.86. The largest absolute Gasteiger partial charge is 0.368 e. The van der Waals surface area contributed by atoms with Crippen LogP contribution in [0.5, 0.6) is 11.5 Å². The number of aromatic amines is 1. The molecule has 2 rings (SSSR count). The molecular formula is C14H24N2O2. The van der Waals surface area contributed by atoms with Gasteiger partial charge in [-0.3, -0.25) is 0 Å². The van der Waals surface area contributed by atoms with E-state index in [1.54, 1.807) is 0 Å². The van der Waals surface area contributed by atoms with Crippen LogP contribution in [-0.2, 0) is 10.8 Å². The fraction of sp³-hybridized carbons (Fsp3) is 0.714. The molecule has 0 atom stereocenters. The molecule has 18 heavy (non-hydrogen) atoms. The molecule has 0 amide bonds. The van der Waals surface area contributed by atoms with Crippen LogP contribution in [0.1, 0.15) is 65.8 Å². The summed E-state index contributed by atoms with van der Waals surface area (Å²) in [6.07, 6.45) is 2.07. The minimum atomic E-state index is 0.0432. The van der Waals surface area contributed by atoms with Gasteiger partial charge in [0.05, 0.1) is 11.4 Å². The first-order chi connectivity index (χ1) is 8.33. The summed E-state index contributed by atoms with van der Waals surface area (Å²) >= 11 is 0. The molecule has 4 heteroatoms. The molecule has 0 aromatic carbocycles. The highest BCUT2D eigenvalue weighted by atomic mass is 16.9. The van der Waals surface area contributed by atoms with Gasteiger partial charge in [0, 0.05) is 16.5 Å². The van der Waals surface area contributed by atoms with Crippen LogP contribution >= 0.6 is 0 Å². The number of nitrogens with one attached hydrogen (secondary N) is 2. The summed E-state index contributed by atoms with van der Waals surface area (Å²) in [5.74, 6) is 1.64. The predicted octanol–water partition coefficient (Wildman–Crippen LogP) is 3.58. The van der Waals surface area contributed by atoms with Gasteiger partial charge in [0.15, 0.2) is 0 Å². The molecule has 1 aliphatic heterocycles. The number of hydrogen-bond acceptors (Lipinski definition) is 3. The first-order valence-electron chi connectivity index (χ1n) is 6.69. The lowest BCUT2D eigenvalue weighted by Crippen LogP contribution is -2.24. The van der Waals surface area contributed by atoms with Gasteiger partial charge in [0.1, 0.15) is 0 Å². The van der Waals surface area contributed by atoms with E-state index in [0.717, 1.165) is 35.7 Å². The van der Waals surface area contributed by atoms with Crippen molar-refractivity contribution in [2.75, 3.05) is 0 Å². The first-order valence-corrected chi connectivity index (χ1v) is 6.69. The number of fused-ring (bicyclic) bond motifs is 1. The van der Waals surface area contributed by atoms with Crippen molar-refractivity contribution >= 4 is 0 Å². The zero-order chi connectivity index (χ0) is 13.6. The third-order valence-corrected chi connectivity index (χ3v) is 4.32. The molecule has 2 heterocycles. The Morgan fingerprint density at radius 3 is 1.56 bits per heavy atom. The number of hydrogen-bond donors (Lipinski definition) is 2. The van der Waals surface area contributed by atoms with E-state index < -0.39 is 0 Å². The van der Waals surface area contributed by atoms with Gasteiger partial charge in [0.25, 0.3) is 0 Å². The lowest BCUT2D eigenvalue weighted by molar-refractivity contribution is 0.0222. The highest BCUT2D eigenvalue weighted by molar-refractivity contribution is 5.54. The quantitative estimate of drug-likeness (QED) is 0.861. The standard InChI is InChI=1S/C14H24N2O2/c1-7-13(3,4)11-9-10(18-16-17-9)12(15-11)14(5,6)8-2/h15-16H,7-8H2,1-6H3. The molecule has 2 N–H and O–H groups in total. The Morgan fingerprint density at radius 1 is 0.833 bits per heavy atom. The van der Waals surface area contributed by atoms with Gasteiger partial charge in [-0.2, -0.15) is 0 Å². The Morgan fingerprint density at radius 2 is 1.22 bits per heavy atom. The van der Waals surface area contributed by atoms with Gasteiger partial charge in [0.2, 0.25) is 11.5 Å². The third-order valence-electron chi connectivity index (χ3n) is 4.32. The maximum absolute atomic E-state index is 5.43. The zero-order valence-corrected chi connectivity index (χ0v) is 12.2. The van der Waals surface area contributed by atoms with E-state index in [1.165, 1.54) is 0 Å². The van der Waals surface area contributed by atoms with Crippen molar-refractivity contribution in [1.29, 1.82) is 0 Å². The minimum absolute atomic E-state index is 0.0432. The zero-order valence-electron chi connectivity index (χ0n) is 12.2. The molecule has 0 aliphatic carbocycles. The maximum atomic E-state index is 5.43. The van der Waals surface area contributed by atoms with Crippen molar-refractivity contribution in [1.82, 2.24) is 10.6 Å². The van der Waals surface area contributed by atoms with E-state index in [2.05, 4.69) is 52.2 Å². The molecule has 1 aromatic rings. The topological polar surface area (TPSA) is 46.3 Å². The molecule has 0 saturated carbocycles. The summed E-state index contributed by atoms with van der Waals surface area (Å²) < 4.78 is 0. The van der Waals surface area contributed by atoms with E-state index >= 15 is 0 Å². The van der Waals surface area contributed by atoms with Crippen molar-refractivity contribution in [2.24, 2.45) is 0 Å². The summed E-state index contributed by atoms with van der Waals surface area (Å²) in [4.78, 5) is 14.4. The highest BCUT2D eigenvalue weighted by Crippen LogP contribution is 2.48. The van der Waals surface area contributed by atoms with Gasteiger partial charge >= 0.3 is 0 Å². The number of aromatic nitrogens is 1. The second-order valence-corrected chi connectivity index (χ2v) is 6.30. The molecule has 0 radical (unpaired) electrons. The molecule has 0 fully saturated rings. The summed E-state index contributed by atoms with van der Waals surface area (Å²) in [5, 5.41) is 0. The van der Waals surface area contributed by atoms with Crippen molar-refractivity contribution in [3.63, 3.8) is 0 Å². The summed E-state index contributed by atoms with van der Waals surface area (Å²) in [6.45, 7) is 13.2. The van der Waals surface area contributed by atoms with Crippen molar-refractivity contribution in [3.8, 4) is 11.5 Å². The minimum Gasteiger partial charge on any atom is -0.368 e. The smallest absolute Gasteiger partial charge is 0.217 e. The van der Waals surface area contributed by atoms with E-state index in [9.17, 15) is 0 Å². The Balaban J connectivity index is 2.56. The van der Waals surface area contributed by atoms with Crippen LogP contribution in [0.3, 0.4) is 0 Å². The second-order valence-electron chi connectivity index (χ2n) is 6.30. The Bertz CT molecular complexity index is 408. The van der Waals surface area contributed by atoms with Crippen LogP contribution in [0.4, 0.5) is 0 Å². The molecule has 1 aliphatic rings. The van der Waals surface area contributed by atoms with E-state index in [0.29, 0.717) is 0 Å². The van der Waals surface area contributed by atoms with Gasteiger partial charge in [-0.15, -0.1) is 0 Å². The average Bonchev–Trinajstić information content (AvgIpc) is 2.89. The van der Waals surface area contributed by atoms with Gasteiger partial charge in [-0.25, -0.2) is 0 Å². The van der Waals surface area contributed by atoms with Crippen LogP contribution in [-0.4, -0.2) is 4.98 Å². The highest BCUT2D eigenvalue weighted by Gasteiger charge is 2.38. The Labute approximate surface area is 109 Å². The second kappa shape index (κ2) is 4.19. The molecule has 0 unspecified atom stereocenters. The Hall–Kier alpha value is -1.16. The van der Waals surface area contributed by atoms with Gasteiger partial charge in [-0.1, -0.05) is 41.5 Å². The SMILES string of the molecule is CCC(C)(C)c1[nH]c(C(C)(C)CC)c2c1ONO2. The summed E-state index contributed by atoms with van der Waals surface area (Å²) in [7, 11) is 0. The molecule has 1 aromatic heterocycles. The van der Waals surface area contributed by atoms with Crippen molar-refractivity contribution < 1.29 is 9.68 Å². The van der Waals surface area contributed by atoms with Crippen LogP contribution in [0, 0.1) is 0 Å². The molecule has 0 spiro atoms. The van der Waals surface area contributed by atoms with Gasteiger partial charge < -0.3 is 14.7 Å². The molecule has 0 saturated heterocycles. The van der Waals surface area contributed by atoms with Crippen molar-refractivity contribution in [2.45, 2.75) is 65.2 Å². The van der Waals surface area contributed by atoms with E-state index in [-0.39, 0.29) is 10.8 Å². The fourth-order valence-corrected chi connectivity index (χ4v) is 2.07. The normalized spacial score (nSPS) is 15.2. The van der Waals surface area contributed by atoms with E-state index in [4.69, 9.17) is 9.68 Å². The van der Waals surface area contributed by atoms with Crippen LogP contribution in [0.25, 0.3) is 0 Å². The average molecular weight is 252 g/mol. The van der Waals surface area contributed by atoms with E-state index in [1.807, 2.05) is 0 Å². The van der Waals surface area contributed by atoms with Crippen LogP contribution in [0.2, 0.25) is 0 Å². The van der Waals surface area contributed by atoms with Crippen molar-refractivity contribution in [3.05, 3.63) is 11.4 Å². The molecular weight excluding hydrogens is 228 g/mol. The maximum Gasteiger partial charge on any atom is 0.217 e. The lowest BCUT2D eigenvalue weighted by Gasteiger charge is -2.24. The predicted molar refractivity (Wildman–Crippen MR) is 71.8 cm³/mol. The molecule has 4 nitrogen and oxygen atoms in total. The Kier molecular flexibility index (Phi) is 3.09.